The number of alkyl halides is 3. The van der Waals surface area contributed by atoms with Crippen LogP contribution in [0, 0.1) is 5.92 Å². The first kappa shape index (κ1) is 26.2. The van der Waals surface area contributed by atoms with Crippen molar-refractivity contribution in [2.45, 2.75) is 18.1 Å². The lowest BCUT2D eigenvalue weighted by molar-refractivity contribution is -0.192. The van der Waals surface area contributed by atoms with E-state index in [9.17, 15) is 18.0 Å². The molecule has 0 saturated carbocycles. The number of likely N-dealkylation sites (tertiary alicyclic amines) is 2. The van der Waals surface area contributed by atoms with Gasteiger partial charge < -0.3 is 15.3 Å². The lowest BCUT2D eigenvalue weighted by Crippen LogP contribution is -2.56. The van der Waals surface area contributed by atoms with Gasteiger partial charge in [0.05, 0.1) is 0 Å². The summed E-state index contributed by atoms with van der Waals surface area (Å²) in [5, 5.41) is 10.2. The zero-order chi connectivity index (χ0) is 26.4. The summed E-state index contributed by atoms with van der Waals surface area (Å²) in [6, 6.07) is 31.7. The molecule has 5 rings (SSSR count). The van der Waals surface area contributed by atoms with Crippen LogP contribution in [0.4, 0.5) is 23.7 Å². The normalized spacial score (nSPS) is 18.9. The van der Waals surface area contributed by atoms with Gasteiger partial charge in [-0.3, -0.25) is 4.90 Å². The van der Waals surface area contributed by atoms with Crippen LogP contribution in [-0.2, 0) is 4.79 Å². The Bertz CT molecular complexity index is 1140. The predicted molar refractivity (Wildman–Crippen MR) is 134 cm³/mol. The van der Waals surface area contributed by atoms with Crippen LogP contribution in [0.1, 0.15) is 17.0 Å². The van der Waals surface area contributed by atoms with E-state index < -0.39 is 12.1 Å². The third kappa shape index (κ3) is 6.68. The van der Waals surface area contributed by atoms with E-state index in [2.05, 4.69) is 70.9 Å². The summed E-state index contributed by atoms with van der Waals surface area (Å²) in [4.78, 5) is 26.1. The van der Waals surface area contributed by atoms with Crippen molar-refractivity contribution in [2.24, 2.45) is 5.92 Å². The minimum absolute atomic E-state index is 0.0122. The van der Waals surface area contributed by atoms with Gasteiger partial charge in [-0.2, -0.15) is 13.2 Å². The van der Waals surface area contributed by atoms with Crippen molar-refractivity contribution in [3.05, 3.63) is 102 Å². The van der Waals surface area contributed by atoms with Gasteiger partial charge in [-0.15, -0.1) is 0 Å². The van der Waals surface area contributed by atoms with Crippen LogP contribution in [0.2, 0.25) is 0 Å². The molecule has 3 aromatic rings. The van der Waals surface area contributed by atoms with Gasteiger partial charge in [-0.05, 0) is 23.3 Å². The number of nitrogens with one attached hydrogen (secondary N) is 1. The molecule has 2 heterocycles. The molecular weight excluding hydrogens is 483 g/mol. The molecule has 2 aliphatic heterocycles. The number of carbonyl (C=O) groups excluding carboxylic acids is 1. The minimum Gasteiger partial charge on any atom is -0.475 e. The summed E-state index contributed by atoms with van der Waals surface area (Å²) < 4.78 is 31.7. The molecule has 0 radical (unpaired) electrons. The second kappa shape index (κ2) is 11.5. The van der Waals surface area contributed by atoms with Crippen molar-refractivity contribution in [3.8, 4) is 0 Å². The first-order chi connectivity index (χ1) is 17.7. The van der Waals surface area contributed by atoms with Gasteiger partial charge in [0.25, 0.3) is 0 Å². The molecule has 194 valence electrons. The molecule has 9 heteroatoms. The van der Waals surface area contributed by atoms with Crippen LogP contribution in [-0.4, -0.2) is 65.3 Å². The number of amides is 2. The fourth-order valence-electron chi connectivity index (χ4n) is 4.85. The number of rotatable bonds is 5. The highest BCUT2D eigenvalue weighted by molar-refractivity contribution is 5.89. The maximum absolute atomic E-state index is 12.7. The van der Waals surface area contributed by atoms with Crippen LogP contribution in [0.15, 0.2) is 91.0 Å². The highest BCUT2D eigenvalue weighted by atomic mass is 19.4. The number of benzene rings is 3. The van der Waals surface area contributed by atoms with Gasteiger partial charge in [-0.1, -0.05) is 78.9 Å². The van der Waals surface area contributed by atoms with Gasteiger partial charge in [0.15, 0.2) is 0 Å². The number of aliphatic carboxylic acids is 1. The van der Waals surface area contributed by atoms with E-state index in [1.54, 1.807) is 0 Å². The van der Waals surface area contributed by atoms with Crippen molar-refractivity contribution >= 4 is 17.7 Å². The number of fused-ring (bicyclic) bond motifs is 1. The Balaban J connectivity index is 0.000000405. The van der Waals surface area contributed by atoms with Crippen molar-refractivity contribution in [2.75, 3.05) is 31.5 Å². The summed E-state index contributed by atoms with van der Waals surface area (Å²) in [5.41, 5.74) is 3.56. The Morgan fingerprint density at radius 3 is 1.81 bits per heavy atom. The number of hydrogen-bond acceptors (Lipinski definition) is 3. The Labute approximate surface area is 213 Å². The lowest BCUT2D eigenvalue weighted by Gasteiger charge is -2.45. The number of anilines is 1. The van der Waals surface area contributed by atoms with Crippen molar-refractivity contribution in [1.82, 2.24) is 9.80 Å². The molecule has 2 fully saturated rings. The van der Waals surface area contributed by atoms with Crippen molar-refractivity contribution in [1.29, 1.82) is 0 Å². The molecule has 0 aromatic heterocycles. The molecule has 37 heavy (non-hydrogen) atoms. The molecule has 0 aliphatic carbocycles. The molecular formula is C28H28F3N3O3. The zero-order valence-corrected chi connectivity index (χ0v) is 20.0. The summed E-state index contributed by atoms with van der Waals surface area (Å²) in [5.74, 6) is -1.83. The number of para-hydroxylation sites is 1. The third-order valence-electron chi connectivity index (χ3n) is 6.72. The van der Waals surface area contributed by atoms with Gasteiger partial charge in [0.1, 0.15) is 0 Å². The molecule has 2 atom stereocenters. The van der Waals surface area contributed by atoms with Crippen LogP contribution >= 0.6 is 0 Å². The molecule has 2 unspecified atom stereocenters. The summed E-state index contributed by atoms with van der Waals surface area (Å²) in [7, 11) is 0. The molecule has 2 N–H and O–H groups in total. The van der Waals surface area contributed by atoms with Gasteiger partial charge in [0, 0.05) is 49.7 Å². The molecule has 6 nitrogen and oxygen atoms in total. The van der Waals surface area contributed by atoms with E-state index in [0.29, 0.717) is 17.9 Å². The largest absolute Gasteiger partial charge is 0.490 e. The van der Waals surface area contributed by atoms with Crippen LogP contribution < -0.4 is 5.32 Å². The Kier molecular flexibility index (Phi) is 8.13. The van der Waals surface area contributed by atoms with E-state index in [0.717, 1.165) is 31.9 Å². The molecule has 2 saturated heterocycles. The maximum Gasteiger partial charge on any atom is 0.490 e. The number of carboxylic acids is 1. The zero-order valence-electron chi connectivity index (χ0n) is 20.0. The fraction of sp³-hybridized carbons (Fsp3) is 0.286. The first-order valence-electron chi connectivity index (χ1n) is 12.0. The lowest BCUT2D eigenvalue weighted by atomic mass is 9.86. The fourth-order valence-corrected chi connectivity index (χ4v) is 4.85. The Morgan fingerprint density at radius 2 is 1.32 bits per heavy atom. The van der Waals surface area contributed by atoms with E-state index in [1.165, 1.54) is 11.1 Å². The average Bonchev–Trinajstić information content (AvgIpc) is 3.23. The number of halogens is 3. The topological polar surface area (TPSA) is 72.9 Å². The number of carbonyl (C=O) groups is 2. The summed E-state index contributed by atoms with van der Waals surface area (Å²) in [6.45, 7) is 3.71. The minimum atomic E-state index is -5.08. The number of urea groups is 1. The van der Waals surface area contributed by atoms with Gasteiger partial charge in [0.2, 0.25) is 0 Å². The average molecular weight is 512 g/mol. The number of nitrogens with zero attached hydrogens (tertiary/aromatic N) is 2. The second-order valence-corrected chi connectivity index (χ2v) is 9.16. The molecule has 0 spiro atoms. The van der Waals surface area contributed by atoms with Crippen LogP contribution in [0.3, 0.4) is 0 Å². The van der Waals surface area contributed by atoms with Gasteiger partial charge >= 0.3 is 18.2 Å². The highest BCUT2D eigenvalue weighted by Crippen LogP contribution is 2.36. The van der Waals surface area contributed by atoms with Crippen molar-refractivity contribution in [3.63, 3.8) is 0 Å². The highest BCUT2D eigenvalue weighted by Gasteiger charge is 2.47. The van der Waals surface area contributed by atoms with Crippen LogP contribution in [0.25, 0.3) is 0 Å². The van der Waals surface area contributed by atoms with E-state index in [1.807, 2.05) is 35.2 Å². The number of carboxylic acid groups (broad SMARTS) is 1. The summed E-state index contributed by atoms with van der Waals surface area (Å²) in [6.07, 6.45) is -5.08. The number of hydrogen-bond donors (Lipinski definition) is 2. The molecule has 2 amide bonds. The van der Waals surface area contributed by atoms with E-state index in [-0.39, 0.29) is 6.03 Å². The first-order valence-corrected chi connectivity index (χ1v) is 12.0. The van der Waals surface area contributed by atoms with Crippen molar-refractivity contribution < 1.29 is 27.9 Å². The monoisotopic (exact) mass is 511 g/mol. The van der Waals surface area contributed by atoms with Crippen LogP contribution in [0.5, 0.6) is 0 Å². The quantitative estimate of drug-likeness (QED) is 0.488. The maximum atomic E-state index is 12.7. The second-order valence-electron chi connectivity index (χ2n) is 9.16. The predicted octanol–water partition coefficient (Wildman–Crippen LogP) is 5.30. The summed E-state index contributed by atoms with van der Waals surface area (Å²) >= 11 is 0. The molecule has 3 aromatic carbocycles. The van der Waals surface area contributed by atoms with E-state index >= 15 is 0 Å². The van der Waals surface area contributed by atoms with Gasteiger partial charge in [-0.25, -0.2) is 9.59 Å². The molecule has 0 bridgehead atoms. The van der Waals surface area contributed by atoms with E-state index in [4.69, 9.17) is 9.90 Å². The standard InChI is InChI=1S/C26H27N3O.C2HF3O2/c30-26(27-23-14-8-3-9-15-23)29-17-22-16-28(25(22)19-29)18-24(20-10-4-1-5-11-20)21-12-6-2-7-13-21;3-2(4,5)1(6)7/h1-15,22,24-25H,16-19H2,(H,27,30);(H,6,7). The molecule has 2 aliphatic rings. The smallest absolute Gasteiger partial charge is 0.475 e. The SMILES string of the molecule is O=C(Nc1ccccc1)N1CC2CN(CC(c3ccccc3)c3ccccc3)C2C1.O=C(O)C(F)(F)F. The third-order valence-corrected chi connectivity index (χ3v) is 6.72. The Morgan fingerprint density at radius 1 is 0.838 bits per heavy atom. The Hall–Kier alpha value is -3.85.